The summed E-state index contributed by atoms with van der Waals surface area (Å²) in [5.74, 6) is -0.269. The molecule has 0 aromatic rings. The highest BCUT2D eigenvalue weighted by Crippen LogP contribution is 2.33. The number of hydrogen-bond acceptors (Lipinski definition) is 18. The highest BCUT2D eigenvalue weighted by atomic mass is 16.8. The van der Waals surface area contributed by atoms with E-state index in [1.165, 1.54) is 250 Å². The van der Waals surface area contributed by atoms with Gasteiger partial charge in [-0.1, -0.05) is 309 Å². The number of nitrogens with one attached hydrogen (secondary N) is 1. The van der Waals surface area contributed by atoms with E-state index >= 15 is 0 Å². The first-order chi connectivity index (χ1) is 45.3. The quantitative estimate of drug-likeness (QED) is 0.0199. The number of unbranched alkanes of at least 4 members (excludes halogenated alkanes) is 45. The van der Waals surface area contributed by atoms with E-state index in [2.05, 4.69) is 19.2 Å². The van der Waals surface area contributed by atoms with Gasteiger partial charge in [0.1, 0.15) is 73.2 Å². The Hall–Kier alpha value is -1.47. The first kappa shape index (κ1) is 85.8. The number of amides is 1. The normalized spacial score (nSPS) is 27.5. The third-order valence-electron chi connectivity index (χ3n) is 19.6. The van der Waals surface area contributed by atoms with E-state index in [0.717, 1.165) is 44.9 Å². The number of aliphatic hydroxyl groups excluding tert-OH is 11. The van der Waals surface area contributed by atoms with Crippen molar-refractivity contribution in [3.05, 3.63) is 12.2 Å². The van der Waals surface area contributed by atoms with E-state index in [0.29, 0.717) is 6.42 Å². The average molecular weight is 1330 g/mol. The summed E-state index contributed by atoms with van der Waals surface area (Å²) < 4.78 is 34.4. The monoisotopic (exact) mass is 1330 g/mol. The minimum Gasteiger partial charge on any atom is -0.394 e. The lowest BCUT2D eigenvalue weighted by Crippen LogP contribution is -2.66. The predicted molar refractivity (Wildman–Crippen MR) is 365 cm³/mol. The van der Waals surface area contributed by atoms with Gasteiger partial charge in [0, 0.05) is 6.42 Å². The Labute approximate surface area is 563 Å². The van der Waals surface area contributed by atoms with E-state index in [-0.39, 0.29) is 18.9 Å². The van der Waals surface area contributed by atoms with Crippen molar-refractivity contribution in [1.82, 2.24) is 5.32 Å². The molecule has 19 heteroatoms. The van der Waals surface area contributed by atoms with Crippen molar-refractivity contribution in [3.8, 4) is 0 Å². The summed E-state index contributed by atoms with van der Waals surface area (Å²) in [6.45, 7) is 1.78. The van der Waals surface area contributed by atoms with Crippen LogP contribution in [0.15, 0.2) is 12.2 Å². The molecule has 3 fully saturated rings. The molecule has 0 saturated carbocycles. The van der Waals surface area contributed by atoms with E-state index in [9.17, 15) is 61.0 Å². The third kappa shape index (κ3) is 37.5. The molecule has 17 unspecified atom stereocenters. The van der Waals surface area contributed by atoms with Gasteiger partial charge in [0.25, 0.3) is 0 Å². The molecule has 3 aliphatic rings. The Bertz CT molecular complexity index is 1730. The van der Waals surface area contributed by atoms with E-state index in [1.807, 2.05) is 6.08 Å². The number of carbonyl (C=O) groups excluding carboxylic acids is 1. The maximum Gasteiger partial charge on any atom is 0.220 e. The van der Waals surface area contributed by atoms with Gasteiger partial charge in [-0.2, -0.15) is 0 Å². The predicted octanol–water partition coefficient (Wildman–Crippen LogP) is 11.6. The maximum absolute atomic E-state index is 13.4. The van der Waals surface area contributed by atoms with Gasteiger partial charge >= 0.3 is 0 Å². The number of ether oxygens (including phenoxy) is 6. The van der Waals surface area contributed by atoms with Gasteiger partial charge in [-0.25, -0.2) is 0 Å². The largest absolute Gasteiger partial charge is 0.394 e. The summed E-state index contributed by atoms with van der Waals surface area (Å²) in [7, 11) is 0. The molecular formula is C74H141NO18. The zero-order valence-electron chi connectivity index (χ0n) is 58.5. The smallest absolute Gasteiger partial charge is 0.220 e. The summed E-state index contributed by atoms with van der Waals surface area (Å²) in [4.78, 5) is 13.4. The molecule has 3 rings (SSSR count). The molecule has 3 aliphatic heterocycles. The van der Waals surface area contributed by atoms with Crippen LogP contribution in [-0.2, 0) is 33.2 Å². The molecule has 550 valence electrons. The minimum atomic E-state index is -1.98. The number of rotatable bonds is 61. The SMILES string of the molecule is CCCCCCCCCCCCCCCCCCCCCCCCCCCCCCCCC/C=C/C(O)C(COC1OC(CO)C(OC2OC(CO)C(OC3OC(CO)C(O)C(O)C3O)C(O)C2O)C(O)C1O)NC(=O)CCCCCCCCCCCCCCCCC. The standard InChI is InChI=1S/C74H141NO18/c1-3-5-7-9-11-13-15-17-19-20-21-22-23-24-25-26-27-28-29-30-31-32-33-34-35-36-38-39-41-43-45-47-49-51-58(79)57(75-62(80)52-50-48-46-44-42-40-37-18-16-14-12-10-8-6-4-2)56-88-72-68(86)65(83)70(60(54-77)90-72)93-74-69(87)66(84)71(61(55-78)91-74)92-73-67(85)64(82)63(81)59(53-76)89-73/h49,51,57-61,63-74,76-79,81-87H,3-48,50,52-56H2,1-2H3,(H,75,80)/b51-49+. The van der Waals surface area contributed by atoms with Crippen LogP contribution in [0.5, 0.6) is 0 Å². The number of aliphatic hydroxyl groups is 11. The number of allylic oxidation sites excluding steroid dienone is 1. The van der Waals surface area contributed by atoms with Crippen LogP contribution >= 0.6 is 0 Å². The summed E-state index contributed by atoms with van der Waals surface area (Å²) in [6.07, 6.45) is 37.9. The Morgan fingerprint density at radius 3 is 1.01 bits per heavy atom. The van der Waals surface area contributed by atoms with Crippen molar-refractivity contribution in [2.75, 3.05) is 26.4 Å². The number of hydrogen-bond donors (Lipinski definition) is 12. The fraction of sp³-hybridized carbons (Fsp3) is 0.959. The van der Waals surface area contributed by atoms with Gasteiger partial charge in [0.05, 0.1) is 38.6 Å². The van der Waals surface area contributed by atoms with Crippen LogP contribution in [0.25, 0.3) is 0 Å². The zero-order chi connectivity index (χ0) is 67.5. The second-order valence-electron chi connectivity index (χ2n) is 27.8. The Kier molecular flexibility index (Phi) is 51.9. The van der Waals surface area contributed by atoms with Crippen molar-refractivity contribution in [2.45, 2.75) is 426 Å². The first-order valence-electron chi connectivity index (χ1n) is 38.4. The molecule has 0 aromatic heterocycles. The van der Waals surface area contributed by atoms with Gasteiger partial charge in [-0.15, -0.1) is 0 Å². The number of carbonyl (C=O) groups is 1. The van der Waals surface area contributed by atoms with Crippen molar-refractivity contribution in [2.24, 2.45) is 0 Å². The highest BCUT2D eigenvalue weighted by molar-refractivity contribution is 5.76. The maximum atomic E-state index is 13.4. The van der Waals surface area contributed by atoms with E-state index in [4.69, 9.17) is 28.4 Å². The molecular weight excluding hydrogens is 1190 g/mol. The van der Waals surface area contributed by atoms with Crippen LogP contribution in [0, 0.1) is 0 Å². The topological polar surface area (TPSA) is 307 Å². The summed E-state index contributed by atoms with van der Waals surface area (Å²) in [5, 5.41) is 121. The molecule has 0 spiro atoms. The van der Waals surface area contributed by atoms with Crippen molar-refractivity contribution < 1.29 is 89.4 Å². The Morgan fingerprint density at radius 1 is 0.376 bits per heavy atom. The molecule has 19 nitrogen and oxygen atoms in total. The lowest BCUT2D eigenvalue weighted by atomic mass is 9.96. The van der Waals surface area contributed by atoms with Crippen LogP contribution in [0.4, 0.5) is 0 Å². The van der Waals surface area contributed by atoms with E-state index in [1.54, 1.807) is 6.08 Å². The van der Waals surface area contributed by atoms with Crippen LogP contribution in [-0.4, -0.2) is 193 Å². The van der Waals surface area contributed by atoms with E-state index < -0.39 is 124 Å². The molecule has 1 amide bonds. The van der Waals surface area contributed by atoms with Crippen molar-refractivity contribution in [1.29, 1.82) is 0 Å². The van der Waals surface area contributed by atoms with Crippen molar-refractivity contribution >= 4 is 5.91 Å². The molecule has 0 bridgehead atoms. The molecule has 0 aliphatic carbocycles. The fourth-order valence-corrected chi connectivity index (χ4v) is 13.4. The Balaban J connectivity index is 1.35. The van der Waals surface area contributed by atoms with Gasteiger partial charge in [-0.05, 0) is 19.3 Å². The summed E-state index contributed by atoms with van der Waals surface area (Å²) in [6, 6.07) is -0.969. The summed E-state index contributed by atoms with van der Waals surface area (Å²) in [5.41, 5.74) is 0. The first-order valence-corrected chi connectivity index (χ1v) is 38.4. The van der Waals surface area contributed by atoms with Crippen LogP contribution in [0.1, 0.15) is 322 Å². The van der Waals surface area contributed by atoms with Crippen molar-refractivity contribution in [3.63, 3.8) is 0 Å². The second-order valence-corrected chi connectivity index (χ2v) is 27.8. The minimum absolute atomic E-state index is 0.249. The lowest BCUT2D eigenvalue weighted by molar-refractivity contribution is -0.379. The Morgan fingerprint density at radius 2 is 0.667 bits per heavy atom. The van der Waals surface area contributed by atoms with Crippen LogP contribution in [0.2, 0.25) is 0 Å². The van der Waals surface area contributed by atoms with Crippen LogP contribution < -0.4 is 5.32 Å². The molecule has 17 atom stereocenters. The molecule has 0 aromatic carbocycles. The summed E-state index contributed by atoms with van der Waals surface area (Å²) >= 11 is 0. The molecule has 93 heavy (non-hydrogen) atoms. The molecule has 0 radical (unpaired) electrons. The third-order valence-corrected chi connectivity index (χ3v) is 19.6. The molecule has 3 heterocycles. The second kappa shape index (κ2) is 56.3. The molecule has 3 saturated heterocycles. The van der Waals surface area contributed by atoms with Gasteiger partial charge < -0.3 is 89.9 Å². The molecule has 12 N–H and O–H groups in total. The zero-order valence-corrected chi connectivity index (χ0v) is 58.5. The van der Waals surface area contributed by atoms with Crippen LogP contribution in [0.3, 0.4) is 0 Å². The fourth-order valence-electron chi connectivity index (χ4n) is 13.4. The van der Waals surface area contributed by atoms with Gasteiger partial charge in [0.15, 0.2) is 18.9 Å². The lowest BCUT2D eigenvalue weighted by Gasteiger charge is -2.48. The average Bonchev–Trinajstić information content (AvgIpc) is 0.829. The highest BCUT2D eigenvalue weighted by Gasteiger charge is 2.53. The van der Waals surface area contributed by atoms with Gasteiger partial charge in [0.2, 0.25) is 5.91 Å². The van der Waals surface area contributed by atoms with Gasteiger partial charge in [-0.3, -0.25) is 4.79 Å².